The fourth-order valence-corrected chi connectivity index (χ4v) is 4.78. The number of ether oxygens (including phenoxy) is 1. The van der Waals surface area contributed by atoms with E-state index >= 15 is 0 Å². The van der Waals surface area contributed by atoms with Gasteiger partial charge in [0, 0.05) is 43.3 Å². The number of benzene rings is 2. The van der Waals surface area contributed by atoms with Crippen molar-refractivity contribution in [1.29, 1.82) is 0 Å². The van der Waals surface area contributed by atoms with Gasteiger partial charge in [-0.15, -0.1) is 10.7 Å². The number of hydrogen-bond acceptors (Lipinski definition) is 3. The van der Waals surface area contributed by atoms with Crippen LogP contribution in [0.25, 0.3) is 0 Å². The molecule has 0 amide bonds. The van der Waals surface area contributed by atoms with Crippen LogP contribution in [0, 0.1) is 11.8 Å². The molecule has 3 atom stereocenters. The van der Waals surface area contributed by atoms with Gasteiger partial charge < -0.3 is 13.9 Å². The third-order valence-electron chi connectivity index (χ3n) is 5.89. The number of nitrogens with zero attached hydrogens (tertiary/aromatic N) is 2. The molecule has 1 aliphatic heterocycles. The first kappa shape index (κ1) is 22.2. The van der Waals surface area contributed by atoms with Crippen LogP contribution < -0.4 is 9.04 Å². The normalized spacial score (nSPS) is 20.7. The summed E-state index contributed by atoms with van der Waals surface area (Å²) in [6.07, 6.45) is 3.27. The second-order valence-corrected chi connectivity index (χ2v) is 10.4. The highest BCUT2D eigenvalue weighted by atomic mass is 35.5. The average molecular weight is 433 g/mol. The van der Waals surface area contributed by atoms with Gasteiger partial charge in [-0.25, -0.2) is 0 Å². The van der Waals surface area contributed by atoms with Crippen molar-refractivity contribution in [1.82, 2.24) is 4.90 Å². The Morgan fingerprint density at radius 1 is 1.21 bits per heavy atom. The van der Waals surface area contributed by atoms with Gasteiger partial charge in [-0.3, -0.25) is 0 Å². The maximum absolute atomic E-state index is 6.14. The topological polar surface area (TPSA) is 15.7 Å². The van der Waals surface area contributed by atoms with Gasteiger partial charge in [0.25, 0.3) is 0 Å². The molecule has 0 spiro atoms. The largest absolute Gasteiger partial charge is 0.493 e. The fraction of sp³-hybridized carbons (Fsp3) is 0.458. The Labute approximate surface area is 183 Å². The molecule has 1 aliphatic rings. The number of halogens is 1. The molecule has 3 nitrogen and oxygen atoms in total. The van der Waals surface area contributed by atoms with E-state index in [4.69, 9.17) is 16.3 Å². The van der Waals surface area contributed by atoms with Crippen molar-refractivity contribution in [2.24, 2.45) is 11.8 Å². The van der Waals surface area contributed by atoms with Crippen molar-refractivity contribution >= 4 is 33.3 Å². The molecule has 3 rings (SSSR count). The molecule has 29 heavy (non-hydrogen) atoms. The molecule has 0 bridgehead atoms. The molecule has 1 heterocycles. The summed E-state index contributed by atoms with van der Waals surface area (Å²) in [5.41, 5.74) is 2.54. The van der Waals surface area contributed by atoms with Crippen molar-refractivity contribution in [2.45, 2.75) is 20.3 Å². The molecular formula is C24H33ClN2OS. The van der Waals surface area contributed by atoms with E-state index in [1.165, 1.54) is 11.3 Å². The van der Waals surface area contributed by atoms with Crippen LogP contribution in [0.15, 0.2) is 48.5 Å². The Hall–Kier alpha value is -1.49. The summed E-state index contributed by atoms with van der Waals surface area (Å²) in [5, 5.41) is 3.05. The Morgan fingerprint density at radius 3 is 2.66 bits per heavy atom. The molecule has 0 aliphatic carbocycles. The molecule has 0 N–H and O–H groups in total. The van der Waals surface area contributed by atoms with Gasteiger partial charge in [0.15, 0.2) is 0 Å². The van der Waals surface area contributed by atoms with Crippen molar-refractivity contribution in [3.05, 3.63) is 59.1 Å². The lowest BCUT2D eigenvalue weighted by Gasteiger charge is -2.21. The van der Waals surface area contributed by atoms with E-state index in [0.717, 1.165) is 43.4 Å². The third kappa shape index (κ3) is 6.24. The summed E-state index contributed by atoms with van der Waals surface area (Å²) in [5.74, 6) is 2.19. The Balaban J connectivity index is 1.47. The summed E-state index contributed by atoms with van der Waals surface area (Å²) in [6, 6.07) is 16.7. The minimum atomic E-state index is 0.143. The zero-order chi connectivity index (χ0) is 20.8. The smallest absolute Gasteiger partial charge is 0.119 e. The second kappa shape index (κ2) is 10.5. The first-order chi connectivity index (χ1) is 14.0. The molecule has 2 aromatic carbocycles. The van der Waals surface area contributed by atoms with Gasteiger partial charge in [-0.1, -0.05) is 30.7 Å². The highest BCUT2D eigenvalue weighted by Crippen LogP contribution is 2.27. The number of likely N-dealkylation sites (tertiary alicyclic amines) is 1. The summed E-state index contributed by atoms with van der Waals surface area (Å²) in [6.45, 7) is 8.56. The average Bonchev–Trinajstić information content (AvgIpc) is 3.09. The zero-order valence-corrected chi connectivity index (χ0v) is 19.5. The monoisotopic (exact) mass is 432 g/mol. The van der Waals surface area contributed by atoms with E-state index in [1.54, 1.807) is 0 Å². The maximum Gasteiger partial charge on any atom is 0.119 e. The summed E-state index contributed by atoms with van der Waals surface area (Å²) in [7, 11) is 2.28. The first-order valence-corrected chi connectivity index (χ1v) is 12.4. The van der Waals surface area contributed by atoms with Crippen LogP contribution >= 0.6 is 22.3 Å². The van der Waals surface area contributed by atoms with Crippen molar-refractivity contribution in [3.8, 4) is 5.75 Å². The van der Waals surface area contributed by atoms with Gasteiger partial charge in [0.1, 0.15) is 5.75 Å². The van der Waals surface area contributed by atoms with Crippen molar-refractivity contribution < 1.29 is 4.74 Å². The summed E-state index contributed by atoms with van der Waals surface area (Å²) < 4.78 is 8.43. The number of hydrogen-bond donors (Lipinski definition) is 0. The molecule has 1 unspecified atom stereocenters. The molecule has 1 saturated heterocycles. The first-order valence-electron chi connectivity index (χ1n) is 10.3. The molecule has 0 radical (unpaired) electrons. The van der Waals surface area contributed by atoms with E-state index in [9.17, 15) is 0 Å². The molecule has 0 aromatic heterocycles. The Bertz CT molecular complexity index is 824. The van der Waals surface area contributed by atoms with Crippen LogP contribution in [-0.4, -0.2) is 49.8 Å². The number of rotatable bonds is 8. The van der Waals surface area contributed by atoms with Gasteiger partial charge in [0.2, 0.25) is 0 Å². The SMILES string of the molecule is C/C=S(\C)N(C)c1ccc(OC[C@@H]2CN(CCc3cccc(Cl)c3)C[C@H]2C)cc1. The van der Waals surface area contributed by atoms with Crippen LogP contribution in [0.3, 0.4) is 0 Å². The van der Waals surface area contributed by atoms with E-state index in [1.807, 2.05) is 12.1 Å². The Kier molecular flexibility index (Phi) is 8.05. The van der Waals surface area contributed by atoms with Gasteiger partial charge in [-0.05, 0) is 72.8 Å². The van der Waals surface area contributed by atoms with E-state index in [2.05, 4.69) is 78.1 Å². The fourth-order valence-electron chi connectivity index (χ4n) is 3.80. The maximum atomic E-state index is 6.14. The summed E-state index contributed by atoms with van der Waals surface area (Å²) >= 11 is 6.10. The van der Waals surface area contributed by atoms with E-state index < -0.39 is 0 Å². The lowest BCUT2D eigenvalue weighted by Crippen LogP contribution is -2.24. The van der Waals surface area contributed by atoms with Crippen molar-refractivity contribution in [2.75, 3.05) is 43.8 Å². The molecular weight excluding hydrogens is 400 g/mol. The van der Waals surface area contributed by atoms with E-state index in [-0.39, 0.29) is 10.7 Å². The van der Waals surface area contributed by atoms with Crippen LogP contribution in [0.4, 0.5) is 5.69 Å². The molecule has 5 heteroatoms. The third-order valence-corrected chi connectivity index (χ3v) is 7.88. The Morgan fingerprint density at radius 2 is 1.97 bits per heavy atom. The minimum Gasteiger partial charge on any atom is -0.493 e. The van der Waals surface area contributed by atoms with Gasteiger partial charge in [-0.2, -0.15) is 0 Å². The minimum absolute atomic E-state index is 0.143. The van der Waals surface area contributed by atoms with Crippen molar-refractivity contribution in [3.63, 3.8) is 0 Å². The summed E-state index contributed by atoms with van der Waals surface area (Å²) in [4.78, 5) is 2.56. The lowest BCUT2D eigenvalue weighted by molar-refractivity contribution is 0.225. The second-order valence-electron chi connectivity index (χ2n) is 7.94. The zero-order valence-electron chi connectivity index (χ0n) is 18.0. The quantitative estimate of drug-likeness (QED) is 0.505. The molecule has 2 aromatic rings. The van der Waals surface area contributed by atoms with Crippen LogP contribution in [0.1, 0.15) is 19.4 Å². The molecule has 158 valence electrons. The number of anilines is 1. The predicted octanol–water partition coefficient (Wildman–Crippen LogP) is 5.60. The van der Waals surface area contributed by atoms with Gasteiger partial charge >= 0.3 is 0 Å². The molecule has 0 saturated carbocycles. The van der Waals surface area contributed by atoms with Gasteiger partial charge in [0.05, 0.1) is 6.61 Å². The standard InChI is InChI=1S/C24H33ClN2OS/c1-5-29(4)26(3)23-9-11-24(12-10-23)28-18-21-17-27(16-19(21)2)14-13-20-7-6-8-22(25)15-20/h5-12,15,19,21H,13-14,16-18H2,1-4H3/t19-,21+,29?/m1/s1. The lowest BCUT2D eigenvalue weighted by atomic mass is 9.99. The van der Waals surface area contributed by atoms with Crippen LogP contribution in [0.2, 0.25) is 5.02 Å². The van der Waals surface area contributed by atoms with Crippen LogP contribution in [-0.2, 0) is 6.42 Å². The van der Waals surface area contributed by atoms with E-state index in [0.29, 0.717) is 11.8 Å². The highest BCUT2D eigenvalue weighted by molar-refractivity contribution is 8.15. The highest BCUT2D eigenvalue weighted by Gasteiger charge is 2.29. The molecule has 1 fully saturated rings. The van der Waals surface area contributed by atoms with Crippen LogP contribution in [0.5, 0.6) is 5.75 Å². The predicted molar refractivity (Wildman–Crippen MR) is 130 cm³/mol.